The van der Waals surface area contributed by atoms with Crippen LogP contribution >= 0.6 is 0 Å². The number of amides is 4. The third-order valence-electron chi connectivity index (χ3n) is 5.23. The van der Waals surface area contributed by atoms with Gasteiger partial charge in [0.25, 0.3) is 0 Å². The minimum Gasteiger partial charge on any atom is -0.356 e. The maximum Gasteiger partial charge on any atom is 0.471 e. The molecule has 186 valence electrons. The fourth-order valence-electron chi connectivity index (χ4n) is 3.48. The molecule has 0 saturated carbocycles. The van der Waals surface area contributed by atoms with Crippen molar-refractivity contribution in [1.29, 1.82) is 5.26 Å². The molecule has 0 radical (unpaired) electrons. The number of nitrogens with one attached hydrogen (secondary N) is 4. The van der Waals surface area contributed by atoms with Gasteiger partial charge < -0.3 is 21.3 Å². The average molecular weight is 476 g/mol. The first-order valence-corrected chi connectivity index (χ1v) is 10.9. The predicted molar refractivity (Wildman–Crippen MR) is 112 cm³/mol. The van der Waals surface area contributed by atoms with Crippen molar-refractivity contribution in [1.82, 2.24) is 21.3 Å². The molecule has 1 saturated heterocycles. The lowest BCUT2D eigenvalue weighted by Crippen LogP contribution is -2.58. The lowest BCUT2D eigenvalue weighted by molar-refractivity contribution is -0.175. The molecule has 12 heteroatoms. The Morgan fingerprint density at radius 3 is 2.24 bits per heavy atom. The lowest BCUT2D eigenvalue weighted by atomic mass is 9.91. The zero-order chi connectivity index (χ0) is 25.3. The number of alkyl halides is 3. The van der Waals surface area contributed by atoms with Crippen molar-refractivity contribution >= 4 is 23.6 Å². The third-order valence-corrected chi connectivity index (χ3v) is 5.23. The Bertz CT molecular complexity index is 764. The minimum atomic E-state index is -5.16. The highest BCUT2D eigenvalue weighted by Gasteiger charge is 2.42. The molecule has 1 heterocycles. The van der Waals surface area contributed by atoms with E-state index in [0.29, 0.717) is 13.0 Å². The normalized spacial score (nSPS) is 19.2. The predicted octanol–water partition coefficient (Wildman–Crippen LogP) is 1.15. The number of carbonyl (C=O) groups is 4. The van der Waals surface area contributed by atoms with Gasteiger partial charge in [0.05, 0.1) is 6.07 Å². The van der Waals surface area contributed by atoms with E-state index in [9.17, 15) is 37.6 Å². The quantitative estimate of drug-likeness (QED) is 0.375. The van der Waals surface area contributed by atoms with Crippen molar-refractivity contribution in [2.24, 2.45) is 17.8 Å². The number of nitriles is 1. The number of rotatable bonds is 10. The van der Waals surface area contributed by atoms with Gasteiger partial charge in [-0.1, -0.05) is 27.7 Å². The van der Waals surface area contributed by atoms with Gasteiger partial charge in [0.15, 0.2) is 0 Å². The summed E-state index contributed by atoms with van der Waals surface area (Å²) >= 11 is 0. The van der Waals surface area contributed by atoms with E-state index in [4.69, 9.17) is 0 Å². The van der Waals surface area contributed by atoms with E-state index in [-0.39, 0.29) is 24.7 Å². The monoisotopic (exact) mass is 475 g/mol. The molecule has 4 N–H and O–H groups in total. The zero-order valence-corrected chi connectivity index (χ0v) is 19.2. The summed E-state index contributed by atoms with van der Waals surface area (Å²) in [4.78, 5) is 48.8. The molecule has 4 atom stereocenters. The molecule has 1 aliphatic rings. The van der Waals surface area contributed by atoms with Gasteiger partial charge in [-0.25, -0.2) is 0 Å². The average Bonchev–Trinajstić information content (AvgIpc) is 2.70. The SMILES string of the molecule is CC(C)C[C@H](NC(=O)C(NC(=O)C(F)(F)F)C(C)C)C(=O)N[C@H](C#N)C[C@@H]1CCCNC1=O. The van der Waals surface area contributed by atoms with Crippen LogP contribution in [0.15, 0.2) is 0 Å². The highest BCUT2D eigenvalue weighted by molar-refractivity contribution is 5.93. The molecule has 0 aromatic carbocycles. The molecule has 0 aliphatic carbocycles. The first-order valence-electron chi connectivity index (χ1n) is 10.9. The molecule has 33 heavy (non-hydrogen) atoms. The Morgan fingerprint density at radius 1 is 1.12 bits per heavy atom. The third kappa shape index (κ3) is 9.27. The Kier molecular flexibility index (Phi) is 10.6. The number of piperidine rings is 1. The number of hydrogen-bond donors (Lipinski definition) is 4. The molecule has 9 nitrogen and oxygen atoms in total. The van der Waals surface area contributed by atoms with Gasteiger partial charge >= 0.3 is 12.1 Å². The summed E-state index contributed by atoms with van der Waals surface area (Å²) in [6.45, 7) is 7.04. The topological polar surface area (TPSA) is 140 Å². The largest absolute Gasteiger partial charge is 0.471 e. The summed E-state index contributed by atoms with van der Waals surface area (Å²) in [6, 6.07) is -1.70. The van der Waals surface area contributed by atoms with Crippen molar-refractivity contribution in [3.63, 3.8) is 0 Å². The molecular weight excluding hydrogens is 443 g/mol. The maximum atomic E-state index is 12.8. The van der Waals surface area contributed by atoms with Crippen molar-refractivity contribution < 1.29 is 32.3 Å². The minimum absolute atomic E-state index is 0.0759. The van der Waals surface area contributed by atoms with E-state index in [0.717, 1.165) is 6.42 Å². The van der Waals surface area contributed by atoms with Crippen molar-refractivity contribution in [3.8, 4) is 6.07 Å². The molecule has 0 aromatic heterocycles. The fourth-order valence-corrected chi connectivity index (χ4v) is 3.48. The lowest BCUT2D eigenvalue weighted by Gasteiger charge is -2.28. The molecular formula is C21H32F3N5O4. The Balaban J connectivity index is 2.90. The second-order valence-electron chi connectivity index (χ2n) is 8.94. The van der Waals surface area contributed by atoms with Crippen LogP contribution in [0, 0.1) is 29.1 Å². The highest BCUT2D eigenvalue weighted by atomic mass is 19.4. The van der Waals surface area contributed by atoms with E-state index in [2.05, 4.69) is 16.0 Å². The molecule has 4 amide bonds. The van der Waals surface area contributed by atoms with Gasteiger partial charge in [-0.05, 0) is 37.5 Å². The van der Waals surface area contributed by atoms with Crippen LogP contribution in [0.25, 0.3) is 0 Å². The van der Waals surface area contributed by atoms with Gasteiger partial charge in [0, 0.05) is 12.5 Å². The molecule has 0 bridgehead atoms. The summed E-state index contributed by atoms with van der Waals surface area (Å²) in [6.07, 6.45) is -3.56. The van der Waals surface area contributed by atoms with E-state index in [1.165, 1.54) is 13.8 Å². The fraction of sp³-hybridized carbons (Fsp3) is 0.762. The van der Waals surface area contributed by atoms with Gasteiger partial charge in [0.1, 0.15) is 18.1 Å². The molecule has 1 fully saturated rings. The highest BCUT2D eigenvalue weighted by Crippen LogP contribution is 2.18. The molecule has 1 aliphatic heterocycles. The van der Waals surface area contributed by atoms with Crippen molar-refractivity contribution in [2.75, 3.05) is 6.54 Å². The van der Waals surface area contributed by atoms with Crippen LogP contribution in [0.3, 0.4) is 0 Å². The summed E-state index contributed by atoms with van der Waals surface area (Å²) in [5.41, 5.74) is 0. The van der Waals surface area contributed by atoms with Gasteiger partial charge in [-0.3, -0.25) is 19.2 Å². The number of nitrogens with zero attached hydrogens (tertiary/aromatic N) is 1. The van der Waals surface area contributed by atoms with E-state index in [1.807, 2.05) is 6.07 Å². The first-order chi connectivity index (χ1) is 15.3. The van der Waals surface area contributed by atoms with Gasteiger partial charge in [-0.15, -0.1) is 0 Å². The Labute approximate surface area is 191 Å². The van der Waals surface area contributed by atoms with Crippen LogP contribution in [-0.4, -0.2) is 54.5 Å². The van der Waals surface area contributed by atoms with Crippen LogP contribution in [0.4, 0.5) is 13.2 Å². The maximum absolute atomic E-state index is 12.8. The molecule has 1 rings (SSSR count). The smallest absolute Gasteiger partial charge is 0.356 e. The second kappa shape index (κ2) is 12.4. The summed E-state index contributed by atoms with van der Waals surface area (Å²) in [7, 11) is 0. The summed E-state index contributed by atoms with van der Waals surface area (Å²) < 4.78 is 37.9. The molecule has 1 unspecified atom stereocenters. The first kappa shape index (κ1) is 28.2. The van der Waals surface area contributed by atoms with E-state index < -0.39 is 53.9 Å². The van der Waals surface area contributed by atoms with E-state index in [1.54, 1.807) is 19.2 Å². The van der Waals surface area contributed by atoms with Gasteiger partial charge in [-0.2, -0.15) is 18.4 Å². The summed E-state index contributed by atoms with van der Waals surface area (Å²) in [5.74, 6) is -5.26. The van der Waals surface area contributed by atoms with Crippen LogP contribution < -0.4 is 21.3 Å². The van der Waals surface area contributed by atoms with Crippen LogP contribution in [0.5, 0.6) is 0 Å². The van der Waals surface area contributed by atoms with Crippen LogP contribution in [0.1, 0.15) is 53.4 Å². The zero-order valence-electron chi connectivity index (χ0n) is 19.2. The van der Waals surface area contributed by atoms with Crippen molar-refractivity contribution in [3.05, 3.63) is 0 Å². The van der Waals surface area contributed by atoms with Crippen LogP contribution in [0.2, 0.25) is 0 Å². The van der Waals surface area contributed by atoms with E-state index >= 15 is 0 Å². The number of halogens is 3. The standard InChI is InChI=1S/C21H32F3N5O4/c1-11(2)8-15(28-19(32)16(12(3)4)29-20(33)21(22,23)24)18(31)27-14(10-25)9-13-6-5-7-26-17(13)30/h11-16H,5-9H2,1-4H3,(H,26,30)(H,27,31)(H,28,32)(H,29,33)/t13-,14-,15-,16?/m0/s1. The van der Waals surface area contributed by atoms with Crippen LogP contribution in [-0.2, 0) is 19.2 Å². The molecule has 0 spiro atoms. The number of carbonyl (C=O) groups excluding carboxylic acids is 4. The Morgan fingerprint density at radius 2 is 1.76 bits per heavy atom. The summed E-state index contributed by atoms with van der Waals surface area (Å²) in [5, 5.41) is 18.7. The van der Waals surface area contributed by atoms with Gasteiger partial charge in [0.2, 0.25) is 17.7 Å². The number of hydrogen-bond acceptors (Lipinski definition) is 5. The molecule has 0 aromatic rings. The van der Waals surface area contributed by atoms with Crippen molar-refractivity contribution in [2.45, 2.75) is 77.7 Å². The Hall–Kier alpha value is -2.84. The second-order valence-corrected chi connectivity index (χ2v) is 8.94.